The van der Waals surface area contributed by atoms with Crippen LogP contribution in [0.5, 0.6) is 0 Å². The maximum atomic E-state index is 12.1. The van der Waals surface area contributed by atoms with Gasteiger partial charge in [0.1, 0.15) is 0 Å². The highest BCUT2D eigenvalue weighted by atomic mass is 32.1. The fourth-order valence-electron chi connectivity index (χ4n) is 4.76. The van der Waals surface area contributed by atoms with Crippen molar-refractivity contribution < 1.29 is 29.1 Å². The maximum absolute atomic E-state index is 12.1. The molecule has 0 aromatic carbocycles. The molecule has 7 atom stereocenters. The number of aliphatic hydroxyl groups excluding tert-OH is 1. The third kappa shape index (κ3) is 2.75. The molecule has 4 saturated heterocycles. The van der Waals surface area contributed by atoms with Gasteiger partial charge in [-0.2, -0.15) is 0 Å². The second kappa shape index (κ2) is 6.20. The molecule has 1 N–H and O–H groups in total. The second-order valence-electron chi connectivity index (χ2n) is 7.65. The molecule has 4 aliphatic heterocycles. The lowest BCUT2D eigenvalue weighted by Crippen LogP contribution is -2.69. The van der Waals surface area contributed by atoms with Crippen LogP contribution in [0.15, 0.2) is 0 Å². The van der Waals surface area contributed by atoms with Gasteiger partial charge in [0.2, 0.25) is 12.1 Å². The standard InChI is InChI=1S/C15H22O5.C2H4OS/c1-8-4-5-11-9(2)12(16)17-13-15(11)10(8)6-7-14(3,18-13)19-20-15;1-2(3)4/h8-11,13H,4-7H2,1-3H3;1H3,(H,3,4)/t8-,9-,10+,11+,13-,14+,15-;/m1./s1. The van der Waals surface area contributed by atoms with E-state index in [9.17, 15) is 4.79 Å². The van der Waals surface area contributed by atoms with Gasteiger partial charge < -0.3 is 14.6 Å². The second-order valence-corrected chi connectivity index (χ2v) is 8.25. The lowest BCUT2D eigenvalue weighted by molar-refractivity contribution is -0.559. The Morgan fingerprint density at radius 2 is 1.88 bits per heavy atom. The summed E-state index contributed by atoms with van der Waals surface area (Å²) in [5.74, 6) is -0.137. The van der Waals surface area contributed by atoms with Crippen molar-refractivity contribution >= 4 is 23.2 Å². The van der Waals surface area contributed by atoms with Crippen molar-refractivity contribution in [2.75, 3.05) is 0 Å². The molecule has 5 rings (SSSR count). The fraction of sp³-hybridized carbons (Fsp3) is 0.882. The first-order chi connectivity index (χ1) is 11.2. The van der Waals surface area contributed by atoms with Gasteiger partial charge in [0.25, 0.3) is 0 Å². The highest BCUT2D eigenvalue weighted by Crippen LogP contribution is 2.59. The summed E-state index contributed by atoms with van der Waals surface area (Å²) in [4.78, 5) is 23.7. The van der Waals surface area contributed by atoms with Gasteiger partial charge in [-0.25, -0.2) is 9.78 Å². The van der Waals surface area contributed by atoms with E-state index in [0.29, 0.717) is 11.8 Å². The number of aliphatic hydroxyl groups is 1. The Morgan fingerprint density at radius 1 is 1.21 bits per heavy atom. The van der Waals surface area contributed by atoms with E-state index in [1.54, 1.807) is 0 Å². The first kappa shape index (κ1) is 18.0. The van der Waals surface area contributed by atoms with Crippen molar-refractivity contribution in [3.05, 3.63) is 0 Å². The molecule has 1 spiro atoms. The molecule has 0 radical (unpaired) electrons. The van der Waals surface area contributed by atoms with E-state index in [0.717, 1.165) is 25.7 Å². The number of hydrogen-bond acceptors (Lipinski definition) is 6. The highest BCUT2D eigenvalue weighted by molar-refractivity contribution is 7.79. The number of hydrogen-bond donors (Lipinski definition) is 1. The van der Waals surface area contributed by atoms with Crippen LogP contribution in [0.4, 0.5) is 0 Å². The lowest BCUT2D eigenvalue weighted by Gasteiger charge is -2.57. The van der Waals surface area contributed by atoms with Crippen LogP contribution >= 0.6 is 12.2 Å². The molecule has 136 valence electrons. The fourth-order valence-corrected chi connectivity index (χ4v) is 4.76. The van der Waals surface area contributed by atoms with Crippen molar-refractivity contribution in [2.24, 2.45) is 23.7 Å². The number of carbonyl (C=O) groups excluding carboxylic acids is 1. The van der Waals surface area contributed by atoms with Crippen molar-refractivity contribution in [1.82, 2.24) is 0 Å². The van der Waals surface area contributed by atoms with E-state index in [4.69, 9.17) is 24.4 Å². The molecule has 0 aromatic rings. The Morgan fingerprint density at radius 3 is 2.54 bits per heavy atom. The molecular formula is C17H26O6S. The summed E-state index contributed by atoms with van der Waals surface area (Å²) < 4.78 is 11.6. The average Bonchev–Trinajstić information content (AvgIpc) is 2.71. The molecular weight excluding hydrogens is 332 g/mol. The summed E-state index contributed by atoms with van der Waals surface area (Å²) >= 11 is 4.09. The molecule has 1 aliphatic carbocycles. The Labute approximate surface area is 147 Å². The van der Waals surface area contributed by atoms with Crippen LogP contribution in [0, 0.1) is 23.7 Å². The van der Waals surface area contributed by atoms with Crippen LogP contribution in [0.1, 0.15) is 53.4 Å². The molecule has 7 heteroatoms. The summed E-state index contributed by atoms with van der Waals surface area (Å²) in [5, 5.41) is 7.79. The summed E-state index contributed by atoms with van der Waals surface area (Å²) in [6, 6.07) is 0. The number of thiocarbonyl (C=S) groups is 1. The van der Waals surface area contributed by atoms with Crippen LogP contribution in [-0.2, 0) is 24.0 Å². The van der Waals surface area contributed by atoms with E-state index in [-0.39, 0.29) is 22.9 Å². The molecule has 0 amide bonds. The van der Waals surface area contributed by atoms with Crippen molar-refractivity contribution in [2.45, 2.75) is 71.1 Å². The molecule has 5 aliphatic rings. The normalized spacial score (nSPS) is 49.2. The van der Waals surface area contributed by atoms with Gasteiger partial charge in [0, 0.05) is 25.2 Å². The average molecular weight is 358 g/mol. The molecule has 2 bridgehead atoms. The van der Waals surface area contributed by atoms with E-state index >= 15 is 0 Å². The molecule has 0 aromatic heterocycles. The number of carbonyl (C=O) groups is 1. The van der Waals surface area contributed by atoms with E-state index in [2.05, 4.69) is 19.1 Å². The Hall–Kier alpha value is -0.760. The number of fused-ring (bicyclic) bond motifs is 2. The van der Waals surface area contributed by atoms with Crippen LogP contribution in [0.25, 0.3) is 0 Å². The van der Waals surface area contributed by atoms with Crippen molar-refractivity contribution in [3.63, 3.8) is 0 Å². The minimum absolute atomic E-state index is 0.000000000000000222. The SMILES string of the molecule is CC(O)=S.C[C@@H]1CC[C@H]2[C@@H](C)C(=O)O[C@@H]3O[C@]4(C)CC[C@@H]1[C@]32OO4. The van der Waals surface area contributed by atoms with Crippen molar-refractivity contribution in [1.29, 1.82) is 0 Å². The Kier molecular flexibility index (Phi) is 4.66. The number of ether oxygens (including phenoxy) is 2. The zero-order valence-corrected chi connectivity index (χ0v) is 15.4. The third-order valence-electron chi connectivity index (χ3n) is 5.97. The third-order valence-corrected chi connectivity index (χ3v) is 5.97. The molecule has 1 saturated carbocycles. The molecule has 5 fully saturated rings. The smallest absolute Gasteiger partial charge is 0.311 e. The topological polar surface area (TPSA) is 74.2 Å². The molecule has 24 heavy (non-hydrogen) atoms. The molecule has 6 nitrogen and oxygen atoms in total. The monoisotopic (exact) mass is 358 g/mol. The number of esters is 1. The van der Waals surface area contributed by atoms with Gasteiger partial charge in [-0.05, 0) is 44.3 Å². The quantitative estimate of drug-likeness (QED) is 0.404. The van der Waals surface area contributed by atoms with Gasteiger partial charge in [0.05, 0.1) is 5.92 Å². The minimum Gasteiger partial charge on any atom is -0.502 e. The zero-order chi connectivity index (χ0) is 17.7. The maximum Gasteiger partial charge on any atom is 0.311 e. The van der Waals surface area contributed by atoms with Crippen LogP contribution in [0.3, 0.4) is 0 Å². The molecule has 4 heterocycles. The van der Waals surface area contributed by atoms with Crippen LogP contribution in [-0.4, -0.2) is 33.8 Å². The predicted molar refractivity (Wildman–Crippen MR) is 88.9 cm³/mol. The number of rotatable bonds is 0. The van der Waals surface area contributed by atoms with E-state index in [1.165, 1.54) is 6.92 Å². The highest BCUT2D eigenvalue weighted by Gasteiger charge is 2.70. The van der Waals surface area contributed by atoms with Crippen LogP contribution < -0.4 is 0 Å². The van der Waals surface area contributed by atoms with Gasteiger partial charge in [-0.15, -0.1) is 0 Å². The summed E-state index contributed by atoms with van der Waals surface area (Å²) in [6.07, 6.45) is 3.24. The lowest BCUT2D eigenvalue weighted by atomic mass is 9.58. The van der Waals surface area contributed by atoms with Crippen LogP contribution in [0.2, 0.25) is 0 Å². The Balaban J connectivity index is 0.000000383. The van der Waals surface area contributed by atoms with Gasteiger partial charge in [-0.3, -0.25) is 4.79 Å². The first-order valence-electron chi connectivity index (χ1n) is 8.64. The summed E-state index contributed by atoms with van der Waals surface area (Å²) in [7, 11) is 0. The Bertz CT molecular complexity index is 535. The largest absolute Gasteiger partial charge is 0.502 e. The van der Waals surface area contributed by atoms with Gasteiger partial charge >= 0.3 is 5.97 Å². The van der Waals surface area contributed by atoms with Gasteiger partial charge in [-0.1, -0.05) is 13.8 Å². The first-order valence-corrected chi connectivity index (χ1v) is 9.05. The molecule has 0 unspecified atom stereocenters. The summed E-state index contributed by atoms with van der Waals surface area (Å²) in [6.45, 7) is 7.52. The van der Waals surface area contributed by atoms with Crippen molar-refractivity contribution in [3.8, 4) is 0 Å². The van der Waals surface area contributed by atoms with E-state index in [1.807, 2.05) is 13.8 Å². The van der Waals surface area contributed by atoms with Gasteiger partial charge in [0.15, 0.2) is 10.7 Å². The summed E-state index contributed by atoms with van der Waals surface area (Å²) in [5.41, 5.74) is -0.610. The van der Waals surface area contributed by atoms with E-state index < -0.39 is 17.7 Å². The zero-order valence-electron chi connectivity index (χ0n) is 14.6. The minimum atomic E-state index is -0.793. The predicted octanol–water partition coefficient (Wildman–Crippen LogP) is 3.29.